The van der Waals surface area contributed by atoms with Crippen LogP contribution in [0.25, 0.3) is 10.2 Å². The number of hydrazine groups is 1. The fourth-order valence-electron chi connectivity index (χ4n) is 1.75. The number of thiophene rings is 1. The second kappa shape index (κ2) is 5.65. The Balaban J connectivity index is 2.12. The van der Waals surface area contributed by atoms with E-state index in [2.05, 4.69) is 52.6 Å². The van der Waals surface area contributed by atoms with Crippen molar-refractivity contribution in [1.29, 1.82) is 0 Å². The van der Waals surface area contributed by atoms with Crippen LogP contribution < -0.4 is 16.6 Å². The van der Waals surface area contributed by atoms with Crippen molar-refractivity contribution in [3.05, 3.63) is 38.6 Å². The van der Waals surface area contributed by atoms with Crippen LogP contribution in [0, 0.1) is 0 Å². The number of anilines is 3. The molecule has 0 spiro atoms. The van der Waals surface area contributed by atoms with Crippen LogP contribution in [0.1, 0.15) is 0 Å². The van der Waals surface area contributed by atoms with Gasteiger partial charge in [-0.05, 0) is 55.4 Å². The van der Waals surface area contributed by atoms with Gasteiger partial charge in [-0.1, -0.05) is 6.07 Å². The molecule has 0 unspecified atom stereocenters. The predicted molar refractivity (Wildman–Crippen MR) is 90.3 cm³/mol. The van der Waals surface area contributed by atoms with E-state index in [1.165, 1.54) is 11.3 Å². The van der Waals surface area contributed by atoms with Gasteiger partial charge in [0.1, 0.15) is 10.6 Å². The van der Waals surface area contributed by atoms with E-state index in [4.69, 9.17) is 5.84 Å². The normalized spacial score (nSPS) is 10.8. The summed E-state index contributed by atoms with van der Waals surface area (Å²) in [6.07, 6.45) is 0. The van der Waals surface area contributed by atoms with Crippen LogP contribution in [-0.4, -0.2) is 9.97 Å². The van der Waals surface area contributed by atoms with E-state index in [9.17, 15) is 0 Å². The van der Waals surface area contributed by atoms with Crippen molar-refractivity contribution in [2.75, 3.05) is 10.7 Å². The lowest BCUT2D eigenvalue weighted by molar-refractivity contribution is 1.16. The number of fused-ring (bicyclic) bond motifs is 1. The average molecular weight is 415 g/mol. The minimum atomic E-state index is 0.380. The van der Waals surface area contributed by atoms with Crippen LogP contribution in [0.15, 0.2) is 38.6 Å². The van der Waals surface area contributed by atoms with E-state index < -0.39 is 0 Å². The van der Waals surface area contributed by atoms with Gasteiger partial charge in [-0.3, -0.25) is 5.43 Å². The summed E-state index contributed by atoms with van der Waals surface area (Å²) in [5, 5.41) is 6.24. The molecule has 0 aliphatic rings. The largest absolute Gasteiger partial charge is 0.338 e. The molecule has 2 heterocycles. The van der Waals surface area contributed by atoms with Crippen LogP contribution in [0.4, 0.5) is 17.5 Å². The van der Waals surface area contributed by atoms with E-state index in [-0.39, 0.29) is 0 Å². The van der Waals surface area contributed by atoms with Crippen LogP contribution in [0.5, 0.6) is 0 Å². The van der Waals surface area contributed by atoms with Crippen LogP contribution in [0.2, 0.25) is 0 Å². The number of nitrogens with one attached hydrogen (secondary N) is 2. The van der Waals surface area contributed by atoms with Crippen molar-refractivity contribution < 1.29 is 0 Å². The Labute approximate surface area is 135 Å². The maximum Gasteiger partial charge on any atom is 0.240 e. The van der Waals surface area contributed by atoms with E-state index >= 15 is 0 Å². The number of nitrogens with two attached hydrogens (primary N) is 1. The molecule has 3 rings (SSSR count). The molecule has 102 valence electrons. The topological polar surface area (TPSA) is 75.9 Å². The Morgan fingerprint density at radius 3 is 2.55 bits per heavy atom. The molecule has 0 saturated carbocycles. The van der Waals surface area contributed by atoms with Gasteiger partial charge in [0.25, 0.3) is 0 Å². The number of halogens is 2. The molecule has 0 saturated heterocycles. The summed E-state index contributed by atoms with van der Waals surface area (Å²) in [5.74, 6) is 6.50. The molecule has 1 aromatic carbocycles. The van der Waals surface area contributed by atoms with Crippen LogP contribution >= 0.6 is 43.2 Å². The van der Waals surface area contributed by atoms with E-state index in [0.717, 1.165) is 24.8 Å². The molecule has 20 heavy (non-hydrogen) atoms. The zero-order valence-corrected chi connectivity index (χ0v) is 14.0. The number of rotatable bonds is 3. The van der Waals surface area contributed by atoms with Crippen molar-refractivity contribution in [3.63, 3.8) is 0 Å². The first-order chi connectivity index (χ1) is 9.69. The van der Waals surface area contributed by atoms with Gasteiger partial charge < -0.3 is 5.32 Å². The summed E-state index contributed by atoms with van der Waals surface area (Å²) in [5.41, 5.74) is 3.39. The average Bonchev–Trinajstić information content (AvgIpc) is 2.91. The first kappa shape index (κ1) is 13.7. The monoisotopic (exact) mass is 413 g/mol. The number of hydrogen-bond acceptors (Lipinski definition) is 6. The lowest BCUT2D eigenvalue weighted by atomic mass is 10.3. The zero-order valence-electron chi connectivity index (χ0n) is 10.0. The molecular formula is C12H9Br2N5S. The molecular weight excluding hydrogens is 406 g/mol. The Morgan fingerprint density at radius 1 is 1.10 bits per heavy atom. The van der Waals surface area contributed by atoms with E-state index in [1.54, 1.807) is 0 Å². The summed E-state index contributed by atoms with van der Waals surface area (Å²) < 4.78 is 1.88. The number of benzene rings is 1. The maximum absolute atomic E-state index is 5.42. The third kappa shape index (κ3) is 2.51. The number of aromatic nitrogens is 2. The molecule has 0 amide bonds. The molecule has 3 aromatic rings. The minimum Gasteiger partial charge on any atom is -0.338 e. The molecule has 2 aromatic heterocycles. The third-order valence-corrected chi connectivity index (χ3v) is 4.79. The Hall–Kier alpha value is -1.22. The minimum absolute atomic E-state index is 0.380. The second-order valence-electron chi connectivity index (χ2n) is 3.90. The first-order valence-electron chi connectivity index (χ1n) is 5.62. The van der Waals surface area contributed by atoms with Crippen molar-refractivity contribution in [2.45, 2.75) is 0 Å². The lowest BCUT2D eigenvalue weighted by Crippen LogP contribution is -2.11. The quantitative estimate of drug-likeness (QED) is 0.441. The second-order valence-corrected chi connectivity index (χ2v) is 6.50. The van der Waals surface area contributed by atoms with Gasteiger partial charge in [0.15, 0.2) is 0 Å². The standard InChI is InChI=1S/C12H9Br2N5S/c13-7-2-1-3-8(14)9(7)16-10-6-4-5-20-11(6)18-12(17-10)19-15/h1-5H,15H2,(H2,16,17,18,19). The molecule has 0 atom stereocenters. The molecule has 4 N–H and O–H groups in total. The van der Waals surface area contributed by atoms with Crippen molar-refractivity contribution in [2.24, 2.45) is 5.84 Å². The molecule has 0 bridgehead atoms. The van der Waals surface area contributed by atoms with Crippen molar-refractivity contribution in [1.82, 2.24) is 9.97 Å². The van der Waals surface area contributed by atoms with Gasteiger partial charge in [-0.25, -0.2) is 10.8 Å². The Bertz CT molecular complexity index is 753. The third-order valence-electron chi connectivity index (χ3n) is 2.66. The van der Waals surface area contributed by atoms with Crippen molar-refractivity contribution in [3.8, 4) is 0 Å². The van der Waals surface area contributed by atoms with Crippen molar-refractivity contribution >= 4 is 70.9 Å². The smallest absolute Gasteiger partial charge is 0.240 e. The Kier molecular flexibility index (Phi) is 3.88. The van der Waals surface area contributed by atoms with Crippen LogP contribution in [0.3, 0.4) is 0 Å². The molecule has 5 nitrogen and oxygen atoms in total. The van der Waals surface area contributed by atoms with Gasteiger partial charge in [-0.2, -0.15) is 4.98 Å². The molecule has 0 aliphatic carbocycles. The van der Waals surface area contributed by atoms with Gasteiger partial charge in [0.2, 0.25) is 5.95 Å². The van der Waals surface area contributed by atoms with Crippen LogP contribution in [-0.2, 0) is 0 Å². The maximum atomic E-state index is 5.42. The summed E-state index contributed by atoms with van der Waals surface area (Å²) in [7, 11) is 0. The summed E-state index contributed by atoms with van der Waals surface area (Å²) in [6.45, 7) is 0. The van der Waals surface area contributed by atoms with Gasteiger partial charge in [0, 0.05) is 8.95 Å². The van der Waals surface area contributed by atoms with Gasteiger partial charge in [-0.15, -0.1) is 11.3 Å². The fraction of sp³-hybridized carbons (Fsp3) is 0. The Morgan fingerprint density at radius 2 is 1.85 bits per heavy atom. The number of para-hydroxylation sites is 1. The highest BCUT2D eigenvalue weighted by molar-refractivity contribution is 9.11. The fourth-order valence-corrected chi connectivity index (χ4v) is 3.71. The first-order valence-corrected chi connectivity index (χ1v) is 8.08. The molecule has 0 radical (unpaired) electrons. The summed E-state index contributed by atoms with van der Waals surface area (Å²) in [4.78, 5) is 9.56. The molecule has 8 heteroatoms. The number of hydrogen-bond donors (Lipinski definition) is 3. The van der Waals surface area contributed by atoms with Gasteiger partial charge >= 0.3 is 0 Å². The predicted octanol–water partition coefficient (Wildman–Crippen LogP) is 4.25. The molecule has 0 fully saturated rings. The van der Waals surface area contributed by atoms with E-state index in [0.29, 0.717) is 11.8 Å². The molecule has 0 aliphatic heterocycles. The van der Waals surface area contributed by atoms with Gasteiger partial charge in [0.05, 0.1) is 11.1 Å². The number of nitrogen functional groups attached to an aromatic ring is 1. The lowest BCUT2D eigenvalue weighted by Gasteiger charge is -2.11. The number of nitrogens with zero attached hydrogens (tertiary/aromatic N) is 2. The highest BCUT2D eigenvalue weighted by Gasteiger charge is 2.11. The zero-order chi connectivity index (χ0) is 14.1. The highest BCUT2D eigenvalue weighted by atomic mass is 79.9. The van der Waals surface area contributed by atoms with E-state index in [1.807, 2.05) is 29.6 Å². The summed E-state index contributed by atoms with van der Waals surface area (Å²) in [6, 6.07) is 7.85. The highest BCUT2D eigenvalue weighted by Crippen LogP contribution is 2.35. The SMILES string of the molecule is NNc1nc(Nc2c(Br)cccc2Br)c2ccsc2n1. The summed E-state index contributed by atoms with van der Waals surface area (Å²) >= 11 is 8.58.